The minimum atomic E-state index is -1.23. The van der Waals surface area contributed by atoms with E-state index in [1.54, 1.807) is 34.6 Å². The summed E-state index contributed by atoms with van der Waals surface area (Å²) in [5.41, 5.74) is 0. The van der Waals surface area contributed by atoms with Crippen molar-refractivity contribution in [3.8, 4) is 0 Å². The van der Waals surface area contributed by atoms with Gasteiger partial charge in [0.25, 0.3) is 0 Å². The molecule has 0 unspecified atom stereocenters. The standard InChI is InChI=1S/C32H61N5O7/c1-18(2)12-14-33-29(40)23(11)34-26(39)17-25(38)24(16-20(5)6)35-30(41)27(21(7)8)36-31(42)28(22(9)10)37-32(43)44-15-13-19(3)4/h18-25,27-28,38H,12-17H2,1-11H3,(H,33,40)(H,34,39)(H,35,41)(H,36,42)(H,37,43)/t23-,24-,25-,27-,28-/m0/s1. The van der Waals surface area contributed by atoms with E-state index in [4.69, 9.17) is 4.74 Å². The largest absolute Gasteiger partial charge is 0.450 e. The summed E-state index contributed by atoms with van der Waals surface area (Å²) in [5.74, 6) is -1.61. The van der Waals surface area contributed by atoms with Crippen LogP contribution in [0.15, 0.2) is 0 Å². The van der Waals surface area contributed by atoms with Crippen LogP contribution >= 0.6 is 0 Å². The molecule has 0 bridgehead atoms. The molecule has 0 aliphatic carbocycles. The van der Waals surface area contributed by atoms with Gasteiger partial charge in [-0.15, -0.1) is 0 Å². The molecule has 12 heteroatoms. The molecule has 12 nitrogen and oxygen atoms in total. The summed E-state index contributed by atoms with van der Waals surface area (Å²) in [6.45, 7) is 21.4. The van der Waals surface area contributed by atoms with E-state index in [2.05, 4.69) is 40.4 Å². The van der Waals surface area contributed by atoms with Gasteiger partial charge in [0, 0.05) is 6.54 Å². The lowest BCUT2D eigenvalue weighted by Crippen LogP contribution is -2.59. The van der Waals surface area contributed by atoms with Crippen LogP contribution in [0.4, 0.5) is 4.79 Å². The quantitative estimate of drug-likeness (QED) is 0.120. The fraction of sp³-hybridized carbons (Fsp3) is 0.844. The van der Waals surface area contributed by atoms with Crippen LogP contribution in [0.5, 0.6) is 0 Å². The number of carbonyl (C=O) groups excluding carboxylic acids is 5. The highest BCUT2D eigenvalue weighted by atomic mass is 16.5. The number of hydrogen-bond acceptors (Lipinski definition) is 7. The summed E-state index contributed by atoms with van der Waals surface area (Å²) in [4.78, 5) is 63.9. The average molecular weight is 628 g/mol. The van der Waals surface area contributed by atoms with Gasteiger partial charge >= 0.3 is 6.09 Å². The number of alkyl carbamates (subject to hydrolysis) is 1. The fourth-order valence-corrected chi connectivity index (χ4v) is 4.30. The predicted molar refractivity (Wildman–Crippen MR) is 171 cm³/mol. The first kappa shape index (κ1) is 41.1. The molecule has 5 atom stereocenters. The Hall–Kier alpha value is -2.89. The van der Waals surface area contributed by atoms with Crippen LogP contribution in [0.1, 0.15) is 102 Å². The lowest BCUT2D eigenvalue weighted by atomic mass is 9.95. The van der Waals surface area contributed by atoms with Crippen LogP contribution in [-0.2, 0) is 23.9 Å². The molecule has 0 rings (SSSR count). The van der Waals surface area contributed by atoms with E-state index in [-0.39, 0.29) is 36.7 Å². The minimum Gasteiger partial charge on any atom is -0.450 e. The smallest absolute Gasteiger partial charge is 0.407 e. The third-order valence-electron chi connectivity index (χ3n) is 7.10. The summed E-state index contributed by atoms with van der Waals surface area (Å²) < 4.78 is 5.20. The van der Waals surface area contributed by atoms with Crippen LogP contribution in [0.25, 0.3) is 0 Å². The Bertz CT molecular complexity index is 907. The first-order valence-electron chi connectivity index (χ1n) is 16.1. The molecule has 0 fully saturated rings. The molecule has 0 saturated heterocycles. The number of rotatable bonds is 20. The third kappa shape index (κ3) is 17.4. The molecule has 0 radical (unpaired) electrons. The number of aliphatic hydroxyl groups is 1. The normalized spacial score (nSPS) is 15.0. The number of ether oxygens (including phenoxy) is 1. The highest BCUT2D eigenvalue weighted by Crippen LogP contribution is 2.14. The molecule has 5 amide bonds. The van der Waals surface area contributed by atoms with Gasteiger partial charge < -0.3 is 36.4 Å². The molecular formula is C32H61N5O7. The number of carbonyl (C=O) groups is 5. The van der Waals surface area contributed by atoms with Crippen molar-refractivity contribution in [2.45, 2.75) is 132 Å². The molecule has 0 saturated carbocycles. The Kier molecular flexibility index (Phi) is 19.6. The topological polar surface area (TPSA) is 175 Å². The number of aliphatic hydroxyl groups excluding tert-OH is 1. The maximum Gasteiger partial charge on any atom is 0.407 e. The summed E-state index contributed by atoms with van der Waals surface area (Å²) in [5, 5.41) is 24.5. The first-order chi connectivity index (χ1) is 20.3. The van der Waals surface area contributed by atoms with Gasteiger partial charge in [-0.05, 0) is 55.8 Å². The van der Waals surface area contributed by atoms with Gasteiger partial charge in [-0.25, -0.2) is 4.79 Å². The molecule has 0 heterocycles. The zero-order valence-electron chi connectivity index (χ0n) is 28.9. The average Bonchev–Trinajstić information content (AvgIpc) is 2.88. The minimum absolute atomic E-state index is 0.0759. The number of nitrogens with one attached hydrogen (secondary N) is 5. The number of hydrogen-bond donors (Lipinski definition) is 6. The highest BCUT2D eigenvalue weighted by Gasteiger charge is 2.33. The summed E-state index contributed by atoms with van der Waals surface area (Å²) in [6.07, 6.45) is -0.364. The summed E-state index contributed by atoms with van der Waals surface area (Å²) in [6, 6.07) is -3.46. The van der Waals surface area contributed by atoms with Crippen LogP contribution in [-0.4, -0.2) is 78.3 Å². The fourth-order valence-electron chi connectivity index (χ4n) is 4.30. The van der Waals surface area contributed by atoms with Gasteiger partial charge in [-0.2, -0.15) is 0 Å². The van der Waals surface area contributed by atoms with Gasteiger partial charge in [-0.3, -0.25) is 19.2 Å². The predicted octanol–water partition coefficient (Wildman–Crippen LogP) is 2.87. The van der Waals surface area contributed by atoms with E-state index in [1.807, 2.05) is 27.7 Å². The van der Waals surface area contributed by atoms with Crippen molar-refractivity contribution in [3.05, 3.63) is 0 Å². The third-order valence-corrected chi connectivity index (χ3v) is 7.10. The molecule has 44 heavy (non-hydrogen) atoms. The zero-order valence-corrected chi connectivity index (χ0v) is 28.9. The van der Waals surface area contributed by atoms with Crippen LogP contribution in [0, 0.1) is 29.6 Å². The molecule has 0 aliphatic rings. The second-order valence-electron chi connectivity index (χ2n) is 13.7. The second-order valence-corrected chi connectivity index (χ2v) is 13.7. The van der Waals surface area contributed by atoms with E-state index >= 15 is 0 Å². The van der Waals surface area contributed by atoms with E-state index in [1.165, 1.54) is 0 Å². The van der Waals surface area contributed by atoms with Gasteiger partial charge in [0.15, 0.2) is 0 Å². The Labute approximate surface area is 265 Å². The van der Waals surface area contributed by atoms with Crippen molar-refractivity contribution in [2.24, 2.45) is 29.6 Å². The monoisotopic (exact) mass is 627 g/mol. The van der Waals surface area contributed by atoms with E-state index in [0.717, 1.165) is 6.42 Å². The van der Waals surface area contributed by atoms with Gasteiger partial charge in [0.1, 0.15) is 18.1 Å². The van der Waals surface area contributed by atoms with Crippen molar-refractivity contribution in [1.29, 1.82) is 0 Å². The van der Waals surface area contributed by atoms with Crippen LogP contribution < -0.4 is 26.6 Å². The van der Waals surface area contributed by atoms with E-state index in [0.29, 0.717) is 31.2 Å². The molecule has 6 N–H and O–H groups in total. The Morgan fingerprint density at radius 3 is 1.66 bits per heavy atom. The lowest BCUT2D eigenvalue weighted by Gasteiger charge is -2.30. The molecule has 0 aromatic rings. The van der Waals surface area contributed by atoms with E-state index in [9.17, 15) is 29.1 Å². The van der Waals surface area contributed by atoms with Crippen molar-refractivity contribution < 1.29 is 33.8 Å². The Balaban J connectivity index is 5.40. The second kappa shape index (κ2) is 21.0. The molecule has 0 aliphatic heterocycles. The molecule has 0 aromatic carbocycles. The Morgan fingerprint density at radius 2 is 1.16 bits per heavy atom. The summed E-state index contributed by atoms with van der Waals surface area (Å²) >= 11 is 0. The maximum atomic E-state index is 13.4. The van der Waals surface area contributed by atoms with Gasteiger partial charge in [0.05, 0.1) is 25.2 Å². The lowest BCUT2D eigenvalue weighted by molar-refractivity contribution is -0.133. The van der Waals surface area contributed by atoms with Crippen LogP contribution in [0.3, 0.4) is 0 Å². The van der Waals surface area contributed by atoms with Crippen molar-refractivity contribution in [2.75, 3.05) is 13.2 Å². The highest BCUT2D eigenvalue weighted by molar-refractivity contribution is 5.92. The number of amides is 5. The molecule has 256 valence electrons. The van der Waals surface area contributed by atoms with Crippen molar-refractivity contribution in [3.63, 3.8) is 0 Å². The zero-order chi connectivity index (χ0) is 34.1. The summed E-state index contributed by atoms with van der Waals surface area (Å²) in [7, 11) is 0. The van der Waals surface area contributed by atoms with E-state index < -0.39 is 54.1 Å². The Morgan fingerprint density at radius 1 is 0.636 bits per heavy atom. The van der Waals surface area contributed by atoms with Crippen molar-refractivity contribution >= 4 is 29.7 Å². The molecular weight excluding hydrogens is 566 g/mol. The van der Waals surface area contributed by atoms with Crippen molar-refractivity contribution in [1.82, 2.24) is 26.6 Å². The van der Waals surface area contributed by atoms with Gasteiger partial charge in [-0.1, -0.05) is 69.2 Å². The molecule has 0 spiro atoms. The maximum absolute atomic E-state index is 13.4. The van der Waals surface area contributed by atoms with Crippen LogP contribution in [0.2, 0.25) is 0 Å². The molecule has 0 aromatic heterocycles. The SMILES string of the molecule is CC(C)CCNC(=O)[C@H](C)NC(=O)C[C@H](O)[C@H](CC(C)C)NC(=O)[C@@H](NC(=O)[C@@H](NC(=O)OCCC(C)C)C(C)C)C(C)C. The van der Waals surface area contributed by atoms with Gasteiger partial charge in [0.2, 0.25) is 23.6 Å². The first-order valence-corrected chi connectivity index (χ1v) is 16.1.